The van der Waals surface area contributed by atoms with Gasteiger partial charge in [0.25, 0.3) is 0 Å². The van der Waals surface area contributed by atoms with E-state index >= 15 is 0 Å². The first-order valence-electron chi connectivity index (χ1n) is 7.78. The molecular weight excluding hydrogens is 493 g/mol. The SMILES string of the molecule is O=S(=O)(O[Te](c1ccccc1)(c1ccccc1)c1ccccc1)C(F)(F)F. The van der Waals surface area contributed by atoms with Crippen LogP contribution in [0.4, 0.5) is 13.2 Å². The molecule has 0 saturated carbocycles. The van der Waals surface area contributed by atoms with Gasteiger partial charge in [-0.1, -0.05) is 0 Å². The van der Waals surface area contributed by atoms with Crippen molar-refractivity contribution in [2.75, 3.05) is 0 Å². The second-order valence-electron chi connectivity index (χ2n) is 5.46. The van der Waals surface area contributed by atoms with Gasteiger partial charge in [0.2, 0.25) is 0 Å². The van der Waals surface area contributed by atoms with Crippen LogP contribution in [0.15, 0.2) is 91.0 Å². The molecule has 3 rings (SSSR count). The Kier molecular flexibility index (Phi) is 5.63. The van der Waals surface area contributed by atoms with Crippen LogP contribution in [0.3, 0.4) is 0 Å². The Bertz CT molecular complexity index is 896. The monoisotopic (exact) mass is 510 g/mol. The average molecular weight is 508 g/mol. The van der Waals surface area contributed by atoms with Crippen LogP contribution >= 0.6 is 0 Å². The average Bonchev–Trinajstić information content (AvgIpc) is 2.67. The number of alkyl halides is 3. The molecule has 0 atom stereocenters. The van der Waals surface area contributed by atoms with Crippen LogP contribution in [0.1, 0.15) is 0 Å². The first-order valence-corrected chi connectivity index (χ1v) is 13.6. The molecule has 8 heteroatoms. The van der Waals surface area contributed by atoms with Crippen molar-refractivity contribution < 1.29 is 24.1 Å². The van der Waals surface area contributed by atoms with E-state index in [1.165, 1.54) is 0 Å². The summed E-state index contributed by atoms with van der Waals surface area (Å²) in [5.41, 5.74) is -5.51. The minimum atomic E-state index is -5.82. The van der Waals surface area contributed by atoms with E-state index in [4.69, 9.17) is 2.55 Å². The molecule has 0 unspecified atom stereocenters. The molecule has 3 aromatic carbocycles. The predicted octanol–water partition coefficient (Wildman–Crippen LogP) is 2.52. The molecule has 0 heterocycles. The Labute approximate surface area is 159 Å². The number of halogens is 3. The predicted molar refractivity (Wildman–Crippen MR) is 100 cm³/mol. The molecule has 3 aromatic rings. The third-order valence-corrected chi connectivity index (χ3v) is 15.9. The number of hydrogen-bond acceptors (Lipinski definition) is 3. The van der Waals surface area contributed by atoms with Gasteiger partial charge in [0.15, 0.2) is 0 Å². The van der Waals surface area contributed by atoms with Gasteiger partial charge >= 0.3 is 160 Å². The van der Waals surface area contributed by atoms with Crippen molar-refractivity contribution in [1.29, 1.82) is 0 Å². The second kappa shape index (κ2) is 7.64. The molecule has 0 amide bonds. The zero-order valence-corrected chi connectivity index (χ0v) is 17.0. The summed E-state index contributed by atoms with van der Waals surface area (Å²) in [6.07, 6.45) is 0. The van der Waals surface area contributed by atoms with Gasteiger partial charge in [0.05, 0.1) is 0 Å². The molecule has 0 aliphatic heterocycles. The normalized spacial score (nSPS) is 13.3. The van der Waals surface area contributed by atoms with Crippen molar-refractivity contribution >= 4 is 39.5 Å². The Balaban J connectivity index is 2.37. The first kappa shape index (κ1) is 19.9. The van der Waals surface area contributed by atoms with E-state index in [1.54, 1.807) is 91.0 Å². The van der Waals surface area contributed by atoms with Gasteiger partial charge in [-0.25, -0.2) is 0 Å². The fourth-order valence-electron chi connectivity index (χ4n) is 2.54. The third-order valence-electron chi connectivity index (χ3n) is 3.70. The van der Waals surface area contributed by atoms with E-state index < -0.39 is 34.2 Å². The molecule has 0 spiro atoms. The quantitative estimate of drug-likeness (QED) is 0.394. The van der Waals surface area contributed by atoms with E-state index in [1.807, 2.05) is 0 Å². The summed E-state index contributed by atoms with van der Waals surface area (Å²) in [7, 11) is -5.82. The summed E-state index contributed by atoms with van der Waals surface area (Å²) < 4.78 is 70.4. The van der Waals surface area contributed by atoms with Crippen LogP contribution < -0.4 is 10.8 Å². The van der Waals surface area contributed by atoms with Gasteiger partial charge in [-0.05, 0) is 0 Å². The molecular formula is C19H15F3O3STe. The van der Waals surface area contributed by atoms with Crippen LogP contribution in [0.5, 0.6) is 0 Å². The molecule has 0 bridgehead atoms. The fraction of sp³-hybridized carbons (Fsp3) is 0.0526. The molecule has 0 N–H and O–H groups in total. The summed E-state index contributed by atoms with van der Waals surface area (Å²) in [6, 6.07) is 24.8. The van der Waals surface area contributed by atoms with Crippen molar-refractivity contribution in [2.24, 2.45) is 0 Å². The standard InChI is InChI=1S/C19H15F3O3STe/c20-19(21,22)26(23,24)25-27(16-10-4-1-5-11-16,17-12-6-2-7-13-17)18-14-8-3-9-15-18/h1-15H. The van der Waals surface area contributed by atoms with Crippen LogP contribution in [0, 0.1) is 0 Å². The van der Waals surface area contributed by atoms with Crippen molar-refractivity contribution in [3.05, 3.63) is 91.0 Å². The summed E-state index contributed by atoms with van der Waals surface area (Å²) in [5, 5.41) is 0. The van der Waals surface area contributed by atoms with Crippen molar-refractivity contribution in [1.82, 2.24) is 0 Å². The van der Waals surface area contributed by atoms with E-state index in [0.29, 0.717) is 10.8 Å². The molecule has 0 saturated heterocycles. The van der Waals surface area contributed by atoms with Crippen LogP contribution in [0.25, 0.3) is 0 Å². The van der Waals surface area contributed by atoms with Crippen LogP contribution in [0.2, 0.25) is 0 Å². The van der Waals surface area contributed by atoms with Gasteiger partial charge in [0, 0.05) is 0 Å². The molecule has 3 nitrogen and oxygen atoms in total. The Morgan fingerprint density at radius 3 is 1.19 bits per heavy atom. The maximum atomic E-state index is 13.2. The zero-order valence-electron chi connectivity index (χ0n) is 13.8. The summed E-state index contributed by atoms with van der Waals surface area (Å²) in [6.45, 7) is 0. The summed E-state index contributed by atoms with van der Waals surface area (Å²) in [4.78, 5) is 0. The molecule has 0 fully saturated rings. The van der Waals surface area contributed by atoms with Gasteiger partial charge < -0.3 is 0 Å². The molecule has 0 aliphatic rings. The molecule has 27 heavy (non-hydrogen) atoms. The van der Waals surface area contributed by atoms with Gasteiger partial charge in [-0.3, -0.25) is 0 Å². The second-order valence-corrected chi connectivity index (χ2v) is 15.3. The van der Waals surface area contributed by atoms with E-state index in [2.05, 4.69) is 0 Å². The van der Waals surface area contributed by atoms with E-state index in [9.17, 15) is 21.6 Å². The Hall–Kier alpha value is -1.85. The van der Waals surface area contributed by atoms with Crippen LogP contribution in [-0.2, 0) is 12.7 Å². The number of benzene rings is 3. The van der Waals surface area contributed by atoms with Crippen molar-refractivity contribution in [3.8, 4) is 0 Å². The number of hydrogen-bond donors (Lipinski definition) is 0. The molecule has 142 valence electrons. The summed E-state index contributed by atoms with van der Waals surface area (Å²) in [5.74, 6) is 0. The third kappa shape index (κ3) is 3.90. The van der Waals surface area contributed by atoms with E-state index in [-0.39, 0.29) is 0 Å². The van der Waals surface area contributed by atoms with Gasteiger partial charge in [0.1, 0.15) is 0 Å². The van der Waals surface area contributed by atoms with Gasteiger partial charge in [-0.15, -0.1) is 0 Å². The maximum absolute atomic E-state index is 13.2. The van der Waals surface area contributed by atoms with E-state index in [0.717, 1.165) is 0 Å². The molecule has 0 aliphatic carbocycles. The van der Waals surface area contributed by atoms with Crippen molar-refractivity contribution in [2.45, 2.75) is 5.51 Å². The van der Waals surface area contributed by atoms with Crippen LogP contribution in [-0.4, -0.2) is 32.5 Å². The molecule has 0 aromatic heterocycles. The topological polar surface area (TPSA) is 43.4 Å². The summed E-state index contributed by atoms with van der Waals surface area (Å²) >= 11 is -4.71. The zero-order chi connectivity index (χ0) is 19.5. The number of rotatable bonds is 5. The fourth-order valence-corrected chi connectivity index (χ4v) is 15.1. The van der Waals surface area contributed by atoms with Crippen molar-refractivity contribution in [3.63, 3.8) is 0 Å². The minimum absolute atomic E-state index is 0.449. The Morgan fingerprint density at radius 2 is 0.926 bits per heavy atom. The molecule has 0 radical (unpaired) electrons. The van der Waals surface area contributed by atoms with Gasteiger partial charge in [-0.2, -0.15) is 0 Å². The Morgan fingerprint density at radius 1 is 0.630 bits per heavy atom. The first-order chi connectivity index (χ1) is 12.8.